The molecule has 186 valence electrons. The molecule has 0 spiro atoms. The molecule has 2 N–H and O–H groups in total. The molecule has 1 saturated carbocycles. The van der Waals surface area contributed by atoms with Gasteiger partial charge in [0.2, 0.25) is 5.91 Å². The average Bonchev–Trinajstić information content (AvgIpc) is 2.87. The van der Waals surface area contributed by atoms with Gasteiger partial charge in [-0.1, -0.05) is 17.2 Å². The Morgan fingerprint density at radius 2 is 1.89 bits per heavy atom. The molecular weight excluding hydrogens is 445 g/mol. The minimum atomic E-state index is -0.253. The van der Waals surface area contributed by atoms with E-state index in [1.165, 1.54) is 17.7 Å². The summed E-state index contributed by atoms with van der Waals surface area (Å²) < 4.78 is 13.1. The van der Waals surface area contributed by atoms with Crippen molar-refractivity contribution in [1.29, 1.82) is 0 Å². The smallest absolute Gasteiger partial charge is 0.230 e. The van der Waals surface area contributed by atoms with E-state index in [9.17, 15) is 9.18 Å². The van der Waals surface area contributed by atoms with Crippen LogP contribution in [0.3, 0.4) is 0 Å². The number of carbonyl (C=O) groups excluding carboxylic acids is 1. The number of benzene rings is 2. The summed E-state index contributed by atoms with van der Waals surface area (Å²) in [6, 6.07) is 15.1. The van der Waals surface area contributed by atoms with Gasteiger partial charge in [-0.3, -0.25) is 9.69 Å². The SMILES string of the molecule is C[C@H]1CN(Cc2ccc(N(CN=[N+]=[N-])C(=O)C3CCC(Nc4ccc(F)cc4)CC3)cc2)CCN1. The Kier molecular flexibility index (Phi) is 8.58. The van der Waals surface area contributed by atoms with Gasteiger partial charge in [-0.25, -0.2) is 4.39 Å². The molecule has 2 aliphatic rings. The molecule has 1 aliphatic carbocycles. The number of piperazine rings is 1. The first-order valence-electron chi connectivity index (χ1n) is 12.4. The van der Waals surface area contributed by atoms with Crippen LogP contribution in [0.2, 0.25) is 0 Å². The first kappa shape index (κ1) is 25.0. The summed E-state index contributed by atoms with van der Waals surface area (Å²) in [6.07, 6.45) is 3.21. The average molecular weight is 480 g/mol. The summed E-state index contributed by atoms with van der Waals surface area (Å²) in [6.45, 7) is 6.09. The molecule has 2 aromatic carbocycles. The minimum Gasteiger partial charge on any atom is -0.382 e. The van der Waals surface area contributed by atoms with Gasteiger partial charge in [0.1, 0.15) is 12.5 Å². The van der Waals surface area contributed by atoms with Gasteiger partial charge in [0.05, 0.1) is 0 Å². The molecule has 0 radical (unpaired) electrons. The summed E-state index contributed by atoms with van der Waals surface area (Å²) in [5, 5.41) is 10.6. The van der Waals surface area contributed by atoms with E-state index in [2.05, 4.69) is 44.6 Å². The zero-order valence-corrected chi connectivity index (χ0v) is 20.2. The first-order valence-corrected chi connectivity index (χ1v) is 12.4. The predicted octanol–water partition coefficient (Wildman–Crippen LogP) is 4.89. The summed E-state index contributed by atoms with van der Waals surface area (Å²) >= 11 is 0. The van der Waals surface area contributed by atoms with Crippen molar-refractivity contribution in [2.24, 2.45) is 11.0 Å². The van der Waals surface area contributed by atoms with E-state index >= 15 is 0 Å². The standard InChI is InChI=1S/C26H34FN7O/c1-19-16-33(15-14-29-19)17-20-2-12-25(13-3-20)34(18-30-32-28)26(35)21-4-8-23(9-5-21)31-24-10-6-22(27)7-11-24/h2-3,6-7,10-13,19,21,23,29,31H,4-5,8-9,14-18H2,1H3/t19-,21?,23?/m0/s1. The topological polar surface area (TPSA) is 96.4 Å². The highest BCUT2D eigenvalue weighted by atomic mass is 19.1. The van der Waals surface area contributed by atoms with Crippen molar-refractivity contribution in [3.05, 3.63) is 70.4 Å². The lowest BCUT2D eigenvalue weighted by Crippen LogP contribution is -2.48. The number of hydrogen-bond donors (Lipinski definition) is 2. The second-order valence-corrected chi connectivity index (χ2v) is 9.60. The van der Waals surface area contributed by atoms with Crippen LogP contribution in [0.1, 0.15) is 38.2 Å². The third kappa shape index (κ3) is 6.94. The molecule has 0 unspecified atom stereocenters. The first-order chi connectivity index (χ1) is 17.0. The van der Waals surface area contributed by atoms with Crippen LogP contribution < -0.4 is 15.5 Å². The van der Waals surface area contributed by atoms with E-state index in [0.717, 1.165) is 63.2 Å². The molecular formula is C26H34FN7O. The maximum Gasteiger partial charge on any atom is 0.230 e. The van der Waals surface area contributed by atoms with E-state index in [1.54, 1.807) is 17.0 Å². The van der Waals surface area contributed by atoms with Gasteiger partial charge in [0.15, 0.2) is 0 Å². The highest BCUT2D eigenvalue weighted by Crippen LogP contribution is 2.30. The van der Waals surface area contributed by atoms with Gasteiger partial charge < -0.3 is 15.5 Å². The number of nitrogens with zero attached hydrogens (tertiary/aromatic N) is 5. The molecule has 9 heteroatoms. The summed E-state index contributed by atoms with van der Waals surface area (Å²) in [5.74, 6) is -0.366. The molecule has 0 aromatic heterocycles. The van der Waals surface area contributed by atoms with Crippen LogP contribution in [-0.4, -0.2) is 49.2 Å². The van der Waals surface area contributed by atoms with Crippen molar-refractivity contribution in [3.63, 3.8) is 0 Å². The highest BCUT2D eigenvalue weighted by Gasteiger charge is 2.30. The Labute approximate surface area is 206 Å². The number of rotatable bonds is 8. The van der Waals surface area contributed by atoms with E-state index in [0.29, 0.717) is 6.04 Å². The van der Waals surface area contributed by atoms with Crippen LogP contribution in [0.5, 0.6) is 0 Å². The second-order valence-electron chi connectivity index (χ2n) is 9.60. The lowest BCUT2D eigenvalue weighted by molar-refractivity contribution is -0.123. The fourth-order valence-corrected chi connectivity index (χ4v) is 5.05. The van der Waals surface area contributed by atoms with E-state index in [1.807, 2.05) is 12.1 Å². The Balaban J connectivity index is 1.35. The fourth-order valence-electron chi connectivity index (χ4n) is 5.05. The summed E-state index contributed by atoms with van der Waals surface area (Å²) in [5.41, 5.74) is 11.7. The zero-order valence-electron chi connectivity index (χ0n) is 20.2. The van der Waals surface area contributed by atoms with Gasteiger partial charge in [0, 0.05) is 60.5 Å². The Morgan fingerprint density at radius 1 is 1.17 bits per heavy atom. The number of carbonyl (C=O) groups is 1. The number of amides is 1. The lowest BCUT2D eigenvalue weighted by Gasteiger charge is -2.33. The van der Waals surface area contributed by atoms with Crippen LogP contribution >= 0.6 is 0 Å². The van der Waals surface area contributed by atoms with Crippen molar-refractivity contribution in [1.82, 2.24) is 10.2 Å². The number of anilines is 2. The Bertz CT molecular complexity index is 1020. The number of azide groups is 1. The maximum atomic E-state index is 13.4. The molecule has 4 rings (SSSR count). The van der Waals surface area contributed by atoms with E-state index in [-0.39, 0.29) is 30.4 Å². The van der Waals surface area contributed by atoms with Gasteiger partial charge in [-0.05, 0) is 80.1 Å². The molecule has 1 heterocycles. The molecule has 35 heavy (non-hydrogen) atoms. The van der Waals surface area contributed by atoms with Gasteiger partial charge in [-0.15, -0.1) is 0 Å². The molecule has 1 atom stereocenters. The molecule has 0 bridgehead atoms. The number of hydrogen-bond acceptors (Lipinski definition) is 5. The largest absolute Gasteiger partial charge is 0.382 e. The van der Waals surface area contributed by atoms with E-state index in [4.69, 9.17) is 5.53 Å². The van der Waals surface area contributed by atoms with E-state index < -0.39 is 0 Å². The second kappa shape index (κ2) is 12.0. The van der Waals surface area contributed by atoms with Crippen molar-refractivity contribution in [2.45, 2.75) is 51.2 Å². The maximum absolute atomic E-state index is 13.4. The Hall–Kier alpha value is -3.13. The quantitative estimate of drug-likeness (QED) is 0.320. The molecule has 1 saturated heterocycles. The number of halogens is 1. The normalized spacial score (nSPS) is 22.7. The monoisotopic (exact) mass is 479 g/mol. The van der Waals surface area contributed by atoms with Crippen LogP contribution in [-0.2, 0) is 11.3 Å². The van der Waals surface area contributed by atoms with Crippen molar-refractivity contribution >= 4 is 17.3 Å². The van der Waals surface area contributed by atoms with Crippen molar-refractivity contribution in [3.8, 4) is 0 Å². The molecule has 2 aromatic rings. The minimum absolute atomic E-state index is 0.00121. The molecule has 8 nitrogen and oxygen atoms in total. The lowest BCUT2D eigenvalue weighted by atomic mass is 9.85. The van der Waals surface area contributed by atoms with Crippen LogP contribution in [0.4, 0.5) is 15.8 Å². The Morgan fingerprint density at radius 3 is 2.54 bits per heavy atom. The zero-order chi connectivity index (χ0) is 24.6. The molecule has 2 fully saturated rings. The van der Waals surface area contributed by atoms with Crippen LogP contribution in [0.25, 0.3) is 10.4 Å². The van der Waals surface area contributed by atoms with Crippen LogP contribution in [0, 0.1) is 11.7 Å². The van der Waals surface area contributed by atoms with Gasteiger partial charge >= 0.3 is 0 Å². The van der Waals surface area contributed by atoms with Crippen molar-refractivity contribution in [2.75, 3.05) is 36.5 Å². The highest BCUT2D eigenvalue weighted by molar-refractivity contribution is 5.95. The third-order valence-corrected chi connectivity index (χ3v) is 6.93. The summed E-state index contributed by atoms with van der Waals surface area (Å²) in [4.78, 5) is 20.3. The molecule has 1 aliphatic heterocycles. The fraction of sp³-hybridized carbons (Fsp3) is 0.500. The number of nitrogens with one attached hydrogen (secondary N) is 2. The molecule has 1 amide bonds. The summed E-state index contributed by atoms with van der Waals surface area (Å²) in [7, 11) is 0. The van der Waals surface area contributed by atoms with Crippen molar-refractivity contribution < 1.29 is 9.18 Å². The predicted molar refractivity (Wildman–Crippen MR) is 136 cm³/mol. The van der Waals surface area contributed by atoms with Gasteiger partial charge in [0.25, 0.3) is 0 Å². The van der Waals surface area contributed by atoms with Gasteiger partial charge in [-0.2, -0.15) is 0 Å². The third-order valence-electron chi connectivity index (χ3n) is 6.93. The van der Waals surface area contributed by atoms with Crippen LogP contribution in [0.15, 0.2) is 53.6 Å².